The maximum absolute atomic E-state index is 12.7. The average molecular weight is 318 g/mol. The average Bonchev–Trinajstić information content (AvgIpc) is 2.41. The molecular formula is C14H20ClNO3S. The summed E-state index contributed by atoms with van der Waals surface area (Å²) in [6, 6.07) is 4.49. The fourth-order valence-corrected chi connectivity index (χ4v) is 4.56. The molecule has 112 valence electrons. The van der Waals surface area contributed by atoms with Crippen molar-refractivity contribution in [3.8, 4) is 0 Å². The zero-order valence-electron chi connectivity index (χ0n) is 11.7. The smallest absolute Gasteiger partial charge is 0.243 e. The van der Waals surface area contributed by atoms with E-state index in [9.17, 15) is 13.5 Å². The minimum absolute atomic E-state index is 0.00412. The van der Waals surface area contributed by atoms with Crippen LogP contribution in [0.15, 0.2) is 23.1 Å². The maximum atomic E-state index is 12.7. The molecule has 0 amide bonds. The Kier molecular flexibility index (Phi) is 4.74. The van der Waals surface area contributed by atoms with Gasteiger partial charge in [-0.25, -0.2) is 8.42 Å². The molecule has 0 aromatic heterocycles. The number of benzene rings is 1. The van der Waals surface area contributed by atoms with Gasteiger partial charge in [0.2, 0.25) is 10.0 Å². The molecule has 0 radical (unpaired) electrons. The lowest BCUT2D eigenvalue weighted by molar-refractivity contribution is 0.218. The summed E-state index contributed by atoms with van der Waals surface area (Å²) in [6.45, 7) is 4.27. The summed E-state index contributed by atoms with van der Waals surface area (Å²) < 4.78 is 27.0. The van der Waals surface area contributed by atoms with Crippen molar-refractivity contribution in [3.05, 3.63) is 28.8 Å². The summed E-state index contributed by atoms with van der Waals surface area (Å²) in [5, 5.41) is 9.60. The Morgan fingerprint density at radius 1 is 1.35 bits per heavy atom. The standard InChI is InChI=1S/C14H20ClNO3S/c1-10-3-4-11(2)16(8-10)20(18,19)13-5-6-14(15)12(7-13)9-17/h5-7,10-11,17H,3-4,8-9H2,1-2H3. The van der Waals surface area contributed by atoms with E-state index in [4.69, 9.17) is 11.6 Å². The highest BCUT2D eigenvalue weighted by atomic mass is 35.5. The molecule has 20 heavy (non-hydrogen) atoms. The molecule has 2 unspecified atom stereocenters. The van der Waals surface area contributed by atoms with Gasteiger partial charge in [-0.1, -0.05) is 18.5 Å². The van der Waals surface area contributed by atoms with Crippen LogP contribution in [0.3, 0.4) is 0 Å². The topological polar surface area (TPSA) is 57.6 Å². The maximum Gasteiger partial charge on any atom is 0.243 e. The number of nitrogens with zero attached hydrogens (tertiary/aromatic N) is 1. The first-order chi connectivity index (χ1) is 9.36. The number of rotatable bonds is 3. The highest BCUT2D eigenvalue weighted by Gasteiger charge is 2.33. The summed E-state index contributed by atoms with van der Waals surface area (Å²) in [5.74, 6) is 0.366. The molecule has 0 saturated carbocycles. The molecule has 2 atom stereocenters. The Labute approximate surface area is 125 Å². The summed E-state index contributed by atoms with van der Waals surface area (Å²) in [6.07, 6.45) is 1.93. The Hall–Kier alpha value is -0.620. The van der Waals surface area contributed by atoms with E-state index >= 15 is 0 Å². The van der Waals surface area contributed by atoms with Crippen LogP contribution in [0.25, 0.3) is 0 Å². The van der Waals surface area contributed by atoms with Gasteiger partial charge in [0.05, 0.1) is 11.5 Å². The van der Waals surface area contributed by atoms with Crippen LogP contribution >= 0.6 is 11.6 Å². The number of hydrogen-bond donors (Lipinski definition) is 1. The predicted octanol–water partition coefficient (Wildman–Crippen LogP) is 2.64. The van der Waals surface area contributed by atoms with Crippen LogP contribution in [-0.2, 0) is 16.6 Å². The first kappa shape index (κ1) is 15.8. The molecule has 0 spiro atoms. The Morgan fingerprint density at radius 3 is 2.70 bits per heavy atom. The summed E-state index contributed by atoms with van der Waals surface area (Å²) in [4.78, 5) is 0.201. The molecule has 1 heterocycles. The lowest BCUT2D eigenvalue weighted by Crippen LogP contribution is -2.44. The lowest BCUT2D eigenvalue weighted by Gasteiger charge is -2.35. The first-order valence-corrected chi connectivity index (χ1v) is 8.59. The van der Waals surface area contributed by atoms with Crippen LogP contribution in [0, 0.1) is 5.92 Å². The van der Waals surface area contributed by atoms with Crippen LogP contribution < -0.4 is 0 Å². The normalized spacial score (nSPS) is 24.8. The van der Waals surface area contributed by atoms with E-state index in [1.807, 2.05) is 6.92 Å². The molecule has 1 aliphatic heterocycles. The Balaban J connectivity index is 2.39. The van der Waals surface area contributed by atoms with Crippen molar-refractivity contribution in [1.29, 1.82) is 0 Å². The van der Waals surface area contributed by atoms with Crippen LogP contribution in [-0.4, -0.2) is 30.4 Å². The highest BCUT2D eigenvalue weighted by Crippen LogP contribution is 2.29. The van der Waals surface area contributed by atoms with Crippen LogP contribution in [0.2, 0.25) is 5.02 Å². The number of hydrogen-bond acceptors (Lipinski definition) is 3. The third-order valence-electron chi connectivity index (χ3n) is 3.85. The van der Waals surface area contributed by atoms with Gasteiger partial charge in [0.25, 0.3) is 0 Å². The molecule has 1 aliphatic rings. The molecule has 1 aromatic carbocycles. The number of piperidine rings is 1. The molecule has 2 rings (SSSR count). The number of aliphatic hydroxyl groups is 1. The zero-order chi connectivity index (χ0) is 14.9. The third-order valence-corrected chi connectivity index (χ3v) is 6.20. The minimum Gasteiger partial charge on any atom is -0.392 e. The van der Waals surface area contributed by atoms with Gasteiger partial charge in [0, 0.05) is 17.6 Å². The number of halogens is 1. The van der Waals surface area contributed by atoms with Crippen molar-refractivity contribution in [3.63, 3.8) is 0 Å². The Morgan fingerprint density at radius 2 is 2.05 bits per heavy atom. The first-order valence-electron chi connectivity index (χ1n) is 6.77. The van der Waals surface area contributed by atoms with E-state index < -0.39 is 10.0 Å². The quantitative estimate of drug-likeness (QED) is 0.932. The van der Waals surface area contributed by atoms with Crippen LogP contribution in [0.5, 0.6) is 0 Å². The van der Waals surface area contributed by atoms with Crippen molar-refractivity contribution in [2.24, 2.45) is 5.92 Å². The predicted molar refractivity (Wildman–Crippen MR) is 79.1 cm³/mol. The SMILES string of the molecule is CC1CCC(C)N(S(=O)(=O)c2ccc(Cl)c(CO)c2)C1. The molecule has 4 nitrogen and oxygen atoms in total. The molecule has 0 bridgehead atoms. The summed E-state index contributed by atoms with van der Waals surface area (Å²) in [5.41, 5.74) is 0.436. The van der Waals surface area contributed by atoms with Crippen molar-refractivity contribution in [2.45, 2.75) is 44.2 Å². The Bertz CT molecular complexity index is 588. The van der Waals surface area contributed by atoms with Crippen molar-refractivity contribution < 1.29 is 13.5 Å². The second kappa shape index (κ2) is 6.02. The minimum atomic E-state index is -3.53. The largest absolute Gasteiger partial charge is 0.392 e. The molecular weight excluding hydrogens is 298 g/mol. The van der Waals surface area contributed by atoms with Gasteiger partial charge in [0.15, 0.2) is 0 Å². The van der Waals surface area contributed by atoms with E-state index in [2.05, 4.69) is 6.92 Å². The van der Waals surface area contributed by atoms with E-state index in [1.165, 1.54) is 18.2 Å². The highest BCUT2D eigenvalue weighted by molar-refractivity contribution is 7.89. The van der Waals surface area contributed by atoms with Gasteiger partial charge < -0.3 is 5.11 Å². The molecule has 0 aliphatic carbocycles. The molecule has 1 N–H and O–H groups in total. The van der Waals surface area contributed by atoms with E-state index in [1.54, 1.807) is 4.31 Å². The van der Waals surface area contributed by atoms with Crippen molar-refractivity contribution in [1.82, 2.24) is 4.31 Å². The second-order valence-electron chi connectivity index (χ2n) is 5.52. The van der Waals surface area contributed by atoms with Crippen molar-refractivity contribution >= 4 is 21.6 Å². The van der Waals surface area contributed by atoms with Crippen molar-refractivity contribution in [2.75, 3.05) is 6.54 Å². The van der Waals surface area contributed by atoms with E-state index in [0.717, 1.165) is 12.8 Å². The zero-order valence-corrected chi connectivity index (χ0v) is 13.3. The molecule has 1 fully saturated rings. The number of aliphatic hydroxyl groups excluding tert-OH is 1. The summed E-state index contributed by atoms with van der Waals surface area (Å²) in [7, 11) is -3.53. The fourth-order valence-electron chi connectivity index (χ4n) is 2.55. The van der Waals surface area contributed by atoms with E-state index in [0.29, 0.717) is 23.0 Å². The van der Waals surface area contributed by atoms with Gasteiger partial charge in [-0.05, 0) is 49.4 Å². The molecule has 1 saturated heterocycles. The lowest BCUT2D eigenvalue weighted by atomic mass is 9.97. The fraction of sp³-hybridized carbons (Fsp3) is 0.571. The van der Waals surface area contributed by atoms with Gasteiger partial charge in [0.1, 0.15) is 0 Å². The van der Waals surface area contributed by atoms with Crippen LogP contribution in [0.1, 0.15) is 32.3 Å². The second-order valence-corrected chi connectivity index (χ2v) is 7.82. The van der Waals surface area contributed by atoms with Crippen LogP contribution in [0.4, 0.5) is 0 Å². The summed E-state index contributed by atoms with van der Waals surface area (Å²) >= 11 is 5.92. The molecule has 1 aromatic rings. The van der Waals surface area contributed by atoms with Gasteiger partial charge in [-0.2, -0.15) is 4.31 Å². The van der Waals surface area contributed by atoms with Gasteiger partial charge in [-0.3, -0.25) is 0 Å². The number of sulfonamides is 1. The monoisotopic (exact) mass is 317 g/mol. The van der Waals surface area contributed by atoms with Gasteiger partial charge in [-0.15, -0.1) is 0 Å². The third kappa shape index (κ3) is 3.01. The van der Waals surface area contributed by atoms with Gasteiger partial charge >= 0.3 is 0 Å². The molecule has 6 heteroatoms. The van der Waals surface area contributed by atoms with E-state index in [-0.39, 0.29) is 17.5 Å².